The molecule has 25 heavy (non-hydrogen) atoms. The van der Waals surface area contributed by atoms with Gasteiger partial charge in [0.2, 0.25) is 5.91 Å². The second-order valence-electron chi connectivity index (χ2n) is 5.89. The lowest BCUT2D eigenvalue weighted by atomic mass is 10.0. The summed E-state index contributed by atoms with van der Waals surface area (Å²) in [5, 5.41) is 13.2. The van der Waals surface area contributed by atoms with E-state index in [1.54, 1.807) is 44.4 Å². The van der Waals surface area contributed by atoms with Crippen LogP contribution in [0.3, 0.4) is 0 Å². The van der Waals surface area contributed by atoms with E-state index in [1.807, 2.05) is 6.07 Å². The number of nitrogens with one attached hydrogen (secondary N) is 1. The Bertz CT molecular complexity index is 994. The number of aromatic nitrogens is 1. The zero-order chi connectivity index (χ0) is 18.0. The highest BCUT2D eigenvalue weighted by Gasteiger charge is 2.16. The summed E-state index contributed by atoms with van der Waals surface area (Å²) in [6, 6.07) is 6.89. The monoisotopic (exact) mass is 338 g/mol. The number of pyridine rings is 1. The highest BCUT2D eigenvalue weighted by Crippen LogP contribution is 2.28. The zero-order valence-electron chi connectivity index (χ0n) is 14.0. The lowest BCUT2D eigenvalue weighted by molar-refractivity contribution is -0.120. The maximum atomic E-state index is 12.3. The molecule has 0 unspecified atom stereocenters. The summed E-state index contributed by atoms with van der Waals surface area (Å²) < 4.78 is 5.34. The molecule has 128 valence electrons. The smallest absolute Gasteiger partial charge is 0.340 e. The van der Waals surface area contributed by atoms with Gasteiger partial charge in [0.1, 0.15) is 11.3 Å². The van der Waals surface area contributed by atoms with E-state index in [0.717, 1.165) is 5.56 Å². The molecule has 2 N–H and O–H groups in total. The molecule has 0 aliphatic carbocycles. The van der Waals surface area contributed by atoms with Gasteiger partial charge in [0.05, 0.1) is 12.0 Å². The second-order valence-corrected chi connectivity index (χ2v) is 5.89. The molecule has 0 bridgehead atoms. The topological polar surface area (TPSA) is 92.4 Å². The van der Waals surface area contributed by atoms with E-state index in [2.05, 4.69) is 10.3 Å². The summed E-state index contributed by atoms with van der Waals surface area (Å²) in [5.74, 6) is -0.203. The van der Waals surface area contributed by atoms with Crippen LogP contribution in [0.2, 0.25) is 0 Å². The molecule has 0 saturated carbocycles. The van der Waals surface area contributed by atoms with E-state index in [4.69, 9.17) is 4.42 Å². The SMILES string of the molecule is Cc1c(CC(=O)NCc2cccnc2)c(=O)oc2c(C)c(O)ccc12. The fourth-order valence-electron chi connectivity index (χ4n) is 2.71. The number of hydrogen-bond acceptors (Lipinski definition) is 5. The van der Waals surface area contributed by atoms with Gasteiger partial charge in [0.25, 0.3) is 0 Å². The number of hydrogen-bond donors (Lipinski definition) is 2. The third-order valence-electron chi connectivity index (χ3n) is 4.22. The van der Waals surface area contributed by atoms with Crippen LogP contribution in [0.4, 0.5) is 0 Å². The van der Waals surface area contributed by atoms with Crippen molar-refractivity contribution in [3.63, 3.8) is 0 Å². The molecule has 6 heteroatoms. The van der Waals surface area contributed by atoms with Crippen LogP contribution in [0.5, 0.6) is 5.75 Å². The van der Waals surface area contributed by atoms with Crippen molar-refractivity contribution in [2.75, 3.05) is 0 Å². The first-order valence-corrected chi connectivity index (χ1v) is 7.88. The minimum atomic E-state index is -0.560. The van der Waals surface area contributed by atoms with Crippen LogP contribution in [-0.2, 0) is 17.8 Å². The van der Waals surface area contributed by atoms with Crippen LogP contribution < -0.4 is 10.9 Å². The lowest BCUT2D eigenvalue weighted by Crippen LogP contribution is -2.27. The van der Waals surface area contributed by atoms with Crippen molar-refractivity contribution in [1.82, 2.24) is 10.3 Å². The van der Waals surface area contributed by atoms with Crippen LogP contribution in [0.15, 0.2) is 45.9 Å². The first-order valence-electron chi connectivity index (χ1n) is 7.88. The van der Waals surface area contributed by atoms with E-state index in [-0.39, 0.29) is 18.1 Å². The molecule has 1 aromatic carbocycles. The quantitative estimate of drug-likeness (QED) is 0.713. The molecular formula is C19H18N2O4. The zero-order valence-corrected chi connectivity index (χ0v) is 14.0. The molecule has 0 spiro atoms. The third-order valence-corrected chi connectivity index (χ3v) is 4.22. The number of aryl methyl sites for hydroxylation is 2. The van der Waals surface area contributed by atoms with E-state index < -0.39 is 5.63 Å². The van der Waals surface area contributed by atoms with Crippen molar-refractivity contribution in [1.29, 1.82) is 0 Å². The number of carbonyl (C=O) groups is 1. The molecule has 6 nitrogen and oxygen atoms in total. The number of benzene rings is 1. The normalized spacial score (nSPS) is 10.8. The Morgan fingerprint density at radius 2 is 2.04 bits per heavy atom. The minimum Gasteiger partial charge on any atom is -0.508 e. The third kappa shape index (κ3) is 3.38. The summed E-state index contributed by atoms with van der Waals surface area (Å²) >= 11 is 0. The van der Waals surface area contributed by atoms with E-state index in [9.17, 15) is 14.7 Å². The van der Waals surface area contributed by atoms with Gasteiger partial charge in [-0.1, -0.05) is 6.07 Å². The van der Waals surface area contributed by atoms with Gasteiger partial charge in [0.15, 0.2) is 0 Å². The number of rotatable bonds is 4. The van der Waals surface area contributed by atoms with Crippen molar-refractivity contribution in [2.45, 2.75) is 26.8 Å². The molecule has 0 fully saturated rings. The number of fused-ring (bicyclic) bond motifs is 1. The van der Waals surface area contributed by atoms with Crippen molar-refractivity contribution in [3.8, 4) is 5.75 Å². The molecular weight excluding hydrogens is 320 g/mol. The Labute approximate surface area is 144 Å². The second kappa shape index (κ2) is 6.76. The van der Waals surface area contributed by atoms with Crippen molar-refractivity contribution < 1.29 is 14.3 Å². The predicted octanol–water partition coefficient (Wildman–Crippen LogP) is 2.37. The summed E-state index contributed by atoms with van der Waals surface area (Å²) in [4.78, 5) is 28.5. The van der Waals surface area contributed by atoms with Crippen LogP contribution in [0.1, 0.15) is 22.3 Å². The predicted molar refractivity (Wildman–Crippen MR) is 93.4 cm³/mol. The lowest BCUT2D eigenvalue weighted by Gasteiger charge is -2.10. The van der Waals surface area contributed by atoms with E-state index >= 15 is 0 Å². The molecule has 0 aliphatic heterocycles. The van der Waals surface area contributed by atoms with E-state index in [0.29, 0.717) is 34.2 Å². The Morgan fingerprint density at radius 1 is 1.24 bits per heavy atom. The Kier molecular flexibility index (Phi) is 4.52. The average molecular weight is 338 g/mol. The molecule has 3 rings (SSSR count). The molecule has 0 atom stereocenters. The Balaban J connectivity index is 1.85. The summed E-state index contributed by atoms with van der Waals surface area (Å²) in [6.45, 7) is 3.80. The van der Waals surface area contributed by atoms with Crippen LogP contribution in [0.25, 0.3) is 11.0 Å². The standard InChI is InChI=1S/C19H18N2O4/c1-11-14-5-6-16(22)12(2)18(14)25-19(24)15(11)8-17(23)21-10-13-4-3-7-20-9-13/h3-7,9,22H,8,10H2,1-2H3,(H,21,23). The molecule has 0 aliphatic rings. The highest BCUT2D eigenvalue weighted by atomic mass is 16.4. The van der Waals surface area contributed by atoms with Crippen molar-refractivity contribution >= 4 is 16.9 Å². The first kappa shape index (κ1) is 16.7. The first-order chi connectivity index (χ1) is 12.0. The minimum absolute atomic E-state index is 0.0652. The van der Waals surface area contributed by atoms with Crippen LogP contribution in [0, 0.1) is 13.8 Å². The maximum absolute atomic E-state index is 12.3. The average Bonchev–Trinajstić information content (AvgIpc) is 2.61. The van der Waals surface area contributed by atoms with Crippen molar-refractivity contribution in [3.05, 3.63) is 69.3 Å². The summed E-state index contributed by atoms with van der Waals surface area (Å²) in [5.41, 5.74) is 2.18. The number of phenolic OH excluding ortho intramolecular Hbond substituents is 1. The molecule has 2 heterocycles. The summed E-state index contributed by atoms with van der Waals surface area (Å²) in [6.07, 6.45) is 3.27. The molecule has 1 amide bonds. The van der Waals surface area contributed by atoms with Gasteiger partial charge in [-0.05, 0) is 43.2 Å². The van der Waals surface area contributed by atoms with Gasteiger partial charge in [0, 0.05) is 29.9 Å². The molecule has 2 aromatic heterocycles. The largest absolute Gasteiger partial charge is 0.508 e. The fraction of sp³-hybridized carbons (Fsp3) is 0.211. The number of nitrogens with zero attached hydrogens (tertiary/aromatic N) is 1. The Hall–Kier alpha value is -3.15. The van der Waals surface area contributed by atoms with Gasteiger partial charge < -0.3 is 14.8 Å². The highest BCUT2D eigenvalue weighted by molar-refractivity contribution is 5.87. The molecule has 3 aromatic rings. The van der Waals surface area contributed by atoms with Crippen molar-refractivity contribution in [2.24, 2.45) is 0 Å². The molecule has 0 radical (unpaired) electrons. The van der Waals surface area contributed by atoms with Crippen LogP contribution >= 0.6 is 0 Å². The fourth-order valence-corrected chi connectivity index (χ4v) is 2.71. The number of aromatic hydroxyl groups is 1. The van der Waals surface area contributed by atoms with Crippen LogP contribution in [-0.4, -0.2) is 16.0 Å². The van der Waals surface area contributed by atoms with Gasteiger partial charge in [-0.2, -0.15) is 0 Å². The molecule has 0 saturated heterocycles. The van der Waals surface area contributed by atoms with Gasteiger partial charge in [-0.15, -0.1) is 0 Å². The van der Waals surface area contributed by atoms with E-state index in [1.165, 1.54) is 0 Å². The number of carbonyl (C=O) groups excluding carboxylic acids is 1. The van der Waals surface area contributed by atoms with Gasteiger partial charge in [-0.3, -0.25) is 9.78 Å². The Morgan fingerprint density at radius 3 is 2.76 bits per heavy atom. The summed E-state index contributed by atoms with van der Waals surface area (Å²) in [7, 11) is 0. The van der Waals surface area contributed by atoms with Gasteiger partial charge >= 0.3 is 5.63 Å². The van der Waals surface area contributed by atoms with Gasteiger partial charge in [-0.25, -0.2) is 4.79 Å². The number of amides is 1. The maximum Gasteiger partial charge on any atom is 0.340 e. The number of phenols is 1.